The second-order valence-corrected chi connectivity index (χ2v) is 8.94. The maximum Gasteiger partial charge on any atom is 0.600 e. The van der Waals surface area contributed by atoms with Gasteiger partial charge in [0.25, 0.3) is 0 Å². The van der Waals surface area contributed by atoms with Crippen LogP contribution in [0.1, 0.15) is 37.1 Å². The average molecular weight is 422 g/mol. The van der Waals surface area contributed by atoms with Crippen LogP contribution in [0.3, 0.4) is 0 Å². The molecule has 0 N–H and O–H groups in total. The number of hydrogen-bond donors (Lipinski definition) is 0. The predicted octanol–water partition coefficient (Wildman–Crippen LogP) is 5.80. The highest BCUT2D eigenvalue weighted by Crippen LogP contribution is 2.53. The molecule has 0 radical (unpaired) electrons. The van der Waals surface area contributed by atoms with E-state index in [-0.39, 0.29) is 5.92 Å². The largest absolute Gasteiger partial charge is 0.741 e. The van der Waals surface area contributed by atoms with Crippen molar-refractivity contribution in [3.8, 4) is 0 Å². The highest BCUT2D eigenvalue weighted by molar-refractivity contribution is 7.86. The number of benzene rings is 1. The number of hydrogen-bond acceptors (Lipinski definition) is 3. The van der Waals surface area contributed by atoms with Gasteiger partial charge in [-0.15, -0.1) is 13.2 Å². The quantitative estimate of drug-likeness (QED) is 0.266. The summed E-state index contributed by atoms with van der Waals surface area (Å²) in [6.45, 7) is 5.60. The Kier molecular flexibility index (Phi) is 6.75. The van der Waals surface area contributed by atoms with Gasteiger partial charge in [-0.3, -0.25) is 0 Å². The van der Waals surface area contributed by atoms with Crippen molar-refractivity contribution in [2.75, 3.05) is 0 Å². The lowest BCUT2D eigenvalue weighted by Gasteiger charge is -2.08. The van der Waals surface area contributed by atoms with Crippen LogP contribution in [-0.4, -0.2) is 18.5 Å². The molecule has 0 bridgehead atoms. The molecule has 0 fully saturated rings. The van der Waals surface area contributed by atoms with Crippen molar-refractivity contribution in [2.24, 2.45) is 0 Å². The number of halogens is 6. The summed E-state index contributed by atoms with van der Waals surface area (Å²) in [5.41, 5.74) is -8.85. The molecule has 1 atom stereocenters. The molecule has 0 saturated carbocycles. The van der Waals surface area contributed by atoms with E-state index >= 15 is 0 Å². The van der Waals surface area contributed by atoms with Crippen LogP contribution in [0.2, 0.25) is 0 Å². The second-order valence-electron chi connectivity index (χ2n) is 5.58. The van der Waals surface area contributed by atoms with E-state index in [2.05, 4.69) is 0 Å². The van der Waals surface area contributed by atoms with Gasteiger partial charge in [0.15, 0.2) is 19.7 Å². The Morgan fingerprint density at radius 2 is 1.58 bits per heavy atom. The topological polar surface area (TPSA) is 57.2 Å². The molecule has 0 aliphatic rings. The molecule has 26 heavy (non-hydrogen) atoms. The second kappa shape index (κ2) is 7.73. The summed E-state index contributed by atoms with van der Waals surface area (Å²) < 4.78 is 99.1. The number of fused-ring (bicyclic) bond motifs is 1. The Hall–Kier alpha value is -1.33. The molecule has 2 aromatic rings. The molecule has 1 unspecified atom stereocenters. The molecule has 0 amide bonds. The highest BCUT2D eigenvalue weighted by Gasteiger charge is 2.48. The van der Waals surface area contributed by atoms with E-state index in [1.54, 1.807) is 12.1 Å². The molecule has 0 saturated heterocycles. The van der Waals surface area contributed by atoms with Crippen LogP contribution in [0.5, 0.6) is 0 Å². The minimum absolute atomic E-state index is 0.0764. The monoisotopic (exact) mass is 422 g/mol. The summed E-state index contributed by atoms with van der Waals surface area (Å²) in [6.07, 6.45) is 0.763. The highest BCUT2D eigenvalue weighted by atomic mass is 32.2. The van der Waals surface area contributed by atoms with Crippen molar-refractivity contribution < 1.29 is 39.3 Å². The predicted molar refractivity (Wildman–Crippen MR) is 86.9 cm³/mol. The zero-order valence-corrected chi connectivity index (χ0v) is 15.5. The van der Waals surface area contributed by atoms with Gasteiger partial charge in [-0.1, -0.05) is 26.8 Å². The van der Waals surface area contributed by atoms with Crippen molar-refractivity contribution >= 4 is 30.7 Å². The summed E-state index contributed by atoms with van der Waals surface area (Å²) >= 11 is 0. The third-order valence-electron chi connectivity index (χ3n) is 3.32. The lowest BCUT2D eigenvalue weighted by atomic mass is 10.1. The fraction of sp³-hybridized carbons (Fsp3) is 0.467. The molecule has 0 spiro atoms. The lowest BCUT2D eigenvalue weighted by Crippen LogP contribution is -2.21. The lowest BCUT2D eigenvalue weighted by molar-refractivity contribution is -0.0868. The molecule has 0 aliphatic carbocycles. The van der Waals surface area contributed by atoms with Crippen LogP contribution < -0.4 is 0 Å². The number of aryl methyl sites for hydroxylation is 1. The van der Waals surface area contributed by atoms with E-state index < -0.39 is 31.6 Å². The third-order valence-corrected chi connectivity index (χ3v) is 6.21. The van der Waals surface area contributed by atoms with Gasteiger partial charge in [0, 0.05) is 23.4 Å². The van der Waals surface area contributed by atoms with Crippen LogP contribution in [0.15, 0.2) is 24.3 Å². The molecular weight excluding hydrogens is 406 g/mol. The first-order valence-corrected chi connectivity index (χ1v) is 9.90. The Morgan fingerprint density at radius 3 is 1.92 bits per heavy atom. The van der Waals surface area contributed by atoms with E-state index in [4.69, 9.17) is 13.0 Å². The molecule has 1 aromatic carbocycles. The maximum absolute atomic E-state index is 13.3. The van der Waals surface area contributed by atoms with Crippen LogP contribution >= 0.6 is 10.5 Å². The summed E-state index contributed by atoms with van der Waals surface area (Å²) in [5.74, 6) is -0.0764. The number of alkyl halides is 6. The van der Waals surface area contributed by atoms with Gasteiger partial charge >= 0.3 is 11.0 Å². The van der Waals surface area contributed by atoms with Gasteiger partial charge in [-0.2, -0.15) is 13.2 Å². The van der Waals surface area contributed by atoms with Crippen molar-refractivity contribution in [3.63, 3.8) is 0 Å². The van der Waals surface area contributed by atoms with Gasteiger partial charge in [-0.25, -0.2) is 8.42 Å². The summed E-state index contributed by atoms with van der Waals surface area (Å²) in [4.78, 5) is 0.505. The summed E-state index contributed by atoms with van der Waals surface area (Å²) in [7, 11) is -7.83. The molecule has 11 heteroatoms. The van der Waals surface area contributed by atoms with Crippen LogP contribution in [0.4, 0.5) is 26.3 Å². The molecule has 148 valence electrons. The van der Waals surface area contributed by atoms with Gasteiger partial charge in [-0.05, 0) is 18.1 Å². The Balaban J connectivity index is 0.000000359. The molecule has 0 aliphatic heterocycles. The van der Waals surface area contributed by atoms with Crippen molar-refractivity contribution in [3.05, 3.63) is 34.7 Å². The van der Waals surface area contributed by atoms with Crippen LogP contribution in [0, 0.1) is 0 Å². The molecule has 2 rings (SSSR count). The minimum atomic E-state index is -6.09. The Labute approximate surface area is 149 Å². The molecule has 3 nitrogen and oxygen atoms in total. The van der Waals surface area contributed by atoms with E-state index in [0.717, 1.165) is 17.4 Å². The first-order chi connectivity index (χ1) is 11.6. The summed E-state index contributed by atoms with van der Waals surface area (Å²) in [6, 6.07) is 7.17. The molecular formula is C15H16F6O3S2. The van der Waals surface area contributed by atoms with Gasteiger partial charge in [0.2, 0.25) is 0 Å². The zero-order valence-electron chi connectivity index (χ0n) is 13.9. The minimum Gasteiger partial charge on any atom is -0.741 e. The van der Waals surface area contributed by atoms with E-state index in [9.17, 15) is 26.3 Å². The first kappa shape index (κ1) is 22.7. The normalized spacial score (nSPS) is 13.7. The van der Waals surface area contributed by atoms with Crippen molar-refractivity contribution in [1.82, 2.24) is 0 Å². The van der Waals surface area contributed by atoms with Gasteiger partial charge in [0.1, 0.15) is 0 Å². The molecule has 1 aromatic heterocycles. The van der Waals surface area contributed by atoms with Crippen molar-refractivity contribution in [1.29, 1.82) is 0 Å². The number of thiophene rings is 1. The fourth-order valence-electron chi connectivity index (χ4n) is 2.09. The third kappa shape index (κ3) is 5.34. The van der Waals surface area contributed by atoms with E-state index in [1.807, 2.05) is 32.9 Å². The first-order valence-electron chi connectivity index (χ1n) is 7.27. The zero-order chi connectivity index (χ0) is 20.5. The standard InChI is InChI=1S/C14H16F3S.CHF3O3S/c1-4-10-5-6-11-8-12(9(2)3)18(13(11)7-10)14(15,16)17;2-1(3,4)8(5,6)7/h5-9H,4H2,1-3H3;(H,5,6,7)/q+1;/p-1. The Morgan fingerprint density at radius 1 is 1.08 bits per heavy atom. The van der Waals surface area contributed by atoms with Crippen LogP contribution in [-0.2, 0) is 22.0 Å². The maximum atomic E-state index is 13.3. The Bertz CT molecular complexity index is 864. The van der Waals surface area contributed by atoms with Gasteiger partial charge in [0.05, 0.1) is 10.5 Å². The summed E-state index contributed by atoms with van der Waals surface area (Å²) in [5, 5.41) is 0.733. The van der Waals surface area contributed by atoms with Crippen LogP contribution in [0.25, 0.3) is 10.1 Å². The van der Waals surface area contributed by atoms with Gasteiger partial charge < -0.3 is 4.55 Å². The van der Waals surface area contributed by atoms with E-state index in [1.165, 1.54) is 0 Å². The SMILES string of the molecule is CCc1ccc2cc(C(C)C)[s+](C(F)(F)F)c2c1.O=S(=O)([O-])C(F)(F)F. The average Bonchev–Trinajstić information content (AvgIpc) is 2.84. The fourth-order valence-corrected chi connectivity index (χ4v) is 4.21. The molecule has 1 heterocycles. The number of rotatable bonds is 2. The van der Waals surface area contributed by atoms with E-state index in [0.29, 0.717) is 9.58 Å². The smallest absolute Gasteiger partial charge is 0.600 e. The van der Waals surface area contributed by atoms with Crippen molar-refractivity contribution in [2.45, 2.75) is 44.1 Å².